The summed E-state index contributed by atoms with van der Waals surface area (Å²) in [5.74, 6) is -1.14. The summed E-state index contributed by atoms with van der Waals surface area (Å²) in [5, 5.41) is 10.7. The predicted octanol–water partition coefficient (Wildman–Crippen LogP) is 1.40. The van der Waals surface area contributed by atoms with Gasteiger partial charge in [0.15, 0.2) is 11.6 Å². The summed E-state index contributed by atoms with van der Waals surface area (Å²) in [6, 6.07) is 16.9. The van der Waals surface area contributed by atoms with Gasteiger partial charge in [-0.05, 0) is 10.4 Å². The van der Waals surface area contributed by atoms with Gasteiger partial charge < -0.3 is 0 Å². The molecule has 8 heteroatoms. The Labute approximate surface area is 132 Å². The van der Waals surface area contributed by atoms with Gasteiger partial charge in [-0.25, -0.2) is 8.42 Å². The van der Waals surface area contributed by atoms with Gasteiger partial charge in [-0.2, -0.15) is 0 Å². The first-order chi connectivity index (χ1) is 11.1. The minimum atomic E-state index is -4.01. The van der Waals surface area contributed by atoms with Crippen LogP contribution in [0.3, 0.4) is 0 Å². The molecule has 0 unspecified atom stereocenters. The summed E-state index contributed by atoms with van der Waals surface area (Å²) in [4.78, 5) is 12.1. The Bertz CT molecular complexity index is 922. The van der Waals surface area contributed by atoms with Gasteiger partial charge in [0.1, 0.15) is 5.75 Å². The topological polar surface area (TPSA) is 94.8 Å². The average Bonchev–Trinajstić information content (AvgIpc) is 3.07. The average molecular weight is 328 g/mol. The fourth-order valence-corrected chi connectivity index (χ4v) is 3.23. The molecule has 0 aliphatic heterocycles. The molecular weight excluding hydrogens is 316 g/mol. The van der Waals surface area contributed by atoms with Gasteiger partial charge in [0, 0.05) is 11.1 Å². The lowest BCUT2D eigenvalue weighted by molar-refractivity contribution is 0.102. The molecule has 0 bridgehead atoms. The summed E-state index contributed by atoms with van der Waals surface area (Å²) in [6.45, 7) is 0. The molecule has 0 N–H and O–H groups in total. The van der Waals surface area contributed by atoms with Crippen molar-refractivity contribution in [1.29, 1.82) is 0 Å². The van der Waals surface area contributed by atoms with Crippen LogP contribution in [0.4, 0.5) is 0 Å². The van der Waals surface area contributed by atoms with Crippen LogP contribution < -0.4 is 0 Å². The third-order valence-corrected chi connectivity index (χ3v) is 4.55. The molecule has 0 fully saturated rings. The zero-order valence-corrected chi connectivity index (χ0v) is 12.7. The number of aromatic nitrogens is 4. The van der Waals surface area contributed by atoms with E-state index in [9.17, 15) is 13.2 Å². The largest absolute Gasteiger partial charge is 0.293 e. The second-order valence-electron chi connectivity index (χ2n) is 4.76. The molecule has 0 saturated carbocycles. The zero-order chi connectivity index (χ0) is 16.3. The van der Waals surface area contributed by atoms with Gasteiger partial charge in [0.2, 0.25) is 0 Å². The summed E-state index contributed by atoms with van der Waals surface area (Å²) in [7, 11) is -4.01. The van der Waals surface area contributed by atoms with Gasteiger partial charge >= 0.3 is 0 Å². The lowest BCUT2D eigenvalue weighted by Gasteiger charge is -2.06. The molecule has 0 atom stereocenters. The number of tetrazole rings is 1. The Morgan fingerprint density at radius 1 is 0.957 bits per heavy atom. The molecule has 7 nitrogen and oxygen atoms in total. The van der Waals surface area contributed by atoms with Crippen molar-refractivity contribution >= 4 is 15.8 Å². The van der Waals surface area contributed by atoms with Crippen LogP contribution in [0.1, 0.15) is 10.4 Å². The second kappa shape index (κ2) is 6.09. The molecule has 1 aromatic heterocycles. The monoisotopic (exact) mass is 328 g/mol. The Hall–Kier alpha value is -2.87. The number of nitrogens with zero attached hydrogens (tertiary/aromatic N) is 4. The van der Waals surface area contributed by atoms with Crippen LogP contribution in [0.5, 0.6) is 0 Å². The van der Waals surface area contributed by atoms with Crippen molar-refractivity contribution in [2.75, 3.05) is 5.75 Å². The highest BCUT2D eigenvalue weighted by molar-refractivity contribution is 7.90. The highest BCUT2D eigenvalue weighted by Crippen LogP contribution is 2.17. The SMILES string of the molecule is O=C(CS(=O)(=O)n1nnnc1-c1ccccc1)c1ccccc1. The molecule has 0 aliphatic rings. The minimum absolute atomic E-state index is 0.0754. The third kappa shape index (κ3) is 3.16. The Balaban J connectivity index is 1.93. The van der Waals surface area contributed by atoms with Crippen LogP contribution in [0.2, 0.25) is 0 Å². The van der Waals surface area contributed by atoms with Crippen LogP contribution in [0.25, 0.3) is 11.4 Å². The first-order valence-corrected chi connectivity index (χ1v) is 8.34. The fourth-order valence-electron chi connectivity index (χ4n) is 2.06. The molecule has 0 amide bonds. The summed E-state index contributed by atoms with van der Waals surface area (Å²) in [6.07, 6.45) is 0. The Morgan fingerprint density at radius 3 is 2.22 bits per heavy atom. The van der Waals surface area contributed by atoms with E-state index in [0.29, 0.717) is 15.2 Å². The molecule has 3 rings (SSSR count). The van der Waals surface area contributed by atoms with Crippen LogP contribution >= 0.6 is 0 Å². The van der Waals surface area contributed by atoms with Crippen molar-refractivity contribution in [2.45, 2.75) is 0 Å². The van der Waals surface area contributed by atoms with Gasteiger partial charge in [-0.1, -0.05) is 60.7 Å². The molecule has 2 aromatic carbocycles. The molecule has 0 saturated heterocycles. The van der Waals surface area contributed by atoms with E-state index in [1.807, 2.05) is 0 Å². The van der Waals surface area contributed by atoms with E-state index in [4.69, 9.17) is 0 Å². The van der Waals surface area contributed by atoms with Crippen LogP contribution in [0, 0.1) is 0 Å². The third-order valence-electron chi connectivity index (χ3n) is 3.15. The number of ketones is 1. The number of carbonyl (C=O) groups is 1. The van der Waals surface area contributed by atoms with E-state index in [0.717, 1.165) is 0 Å². The molecule has 23 heavy (non-hydrogen) atoms. The van der Waals surface area contributed by atoms with Gasteiger partial charge in [0.25, 0.3) is 10.0 Å². The maximum Gasteiger partial charge on any atom is 0.264 e. The highest BCUT2D eigenvalue weighted by atomic mass is 32.2. The lowest BCUT2D eigenvalue weighted by Crippen LogP contribution is -2.24. The predicted molar refractivity (Wildman–Crippen MR) is 83.2 cm³/mol. The van der Waals surface area contributed by atoms with Crippen LogP contribution in [-0.2, 0) is 10.0 Å². The molecule has 0 spiro atoms. The van der Waals surface area contributed by atoms with Crippen molar-refractivity contribution in [2.24, 2.45) is 0 Å². The first kappa shape index (κ1) is 15.0. The standard InChI is InChI=1S/C15H12N4O3S/c20-14(12-7-3-1-4-8-12)11-23(21,22)19-15(16-17-18-19)13-9-5-2-6-10-13/h1-10H,11H2. The number of benzene rings is 2. The van der Waals surface area contributed by atoms with Gasteiger partial charge in [-0.15, -0.1) is 9.19 Å². The Kier molecular flexibility index (Phi) is 3.98. The van der Waals surface area contributed by atoms with Crippen molar-refractivity contribution in [1.82, 2.24) is 19.6 Å². The van der Waals surface area contributed by atoms with Crippen LogP contribution in [-0.4, -0.2) is 39.6 Å². The van der Waals surface area contributed by atoms with E-state index in [1.54, 1.807) is 60.7 Å². The van der Waals surface area contributed by atoms with E-state index in [1.165, 1.54) is 0 Å². The highest BCUT2D eigenvalue weighted by Gasteiger charge is 2.25. The number of Topliss-reactive ketones (excluding diaryl/α,β-unsaturated/α-hetero) is 1. The van der Waals surface area contributed by atoms with E-state index < -0.39 is 21.6 Å². The fraction of sp³-hybridized carbons (Fsp3) is 0.0667. The first-order valence-electron chi connectivity index (χ1n) is 6.73. The molecular formula is C15H12N4O3S. The minimum Gasteiger partial charge on any atom is -0.293 e. The van der Waals surface area contributed by atoms with E-state index >= 15 is 0 Å². The summed E-state index contributed by atoms with van der Waals surface area (Å²) in [5.41, 5.74) is 0.874. The molecule has 116 valence electrons. The smallest absolute Gasteiger partial charge is 0.264 e. The van der Waals surface area contributed by atoms with Crippen molar-refractivity contribution in [3.8, 4) is 11.4 Å². The number of carbonyl (C=O) groups excluding carboxylic acids is 1. The number of rotatable bonds is 5. The quantitative estimate of drug-likeness (QED) is 0.657. The number of hydrogen-bond acceptors (Lipinski definition) is 6. The van der Waals surface area contributed by atoms with Crippen molar-refractivity contribution < 1.29 is 13.2 Å². The molecule has 1 heterocycles. The number of hydrogen-bond donors (Lipinski definition) is 0. The van der Waals surface area contributed by atoms with Gasteiger partial charge in [0.05, 0.1) is 0 Å². The summed E-state index contributed by atoms with van der Waals surface area (Å²) >= 11 is 0. The zero-order valence-electron chi connectivity index (χ0n) is 11.9. The summed E-state index contributed by atoms with van der Waals surface area (Å²) < 4.78 is 25.6. The van der Waals surface area contributed by atoms with E-state index in [-0.39, 0.29) is 5.82 Å². The molecule has 0 radical (unpaired) electrons. The molecule has 0 aliphatic carbocycles. The van der Waals surface area contributed by atoms with Crippen molar-refractivity contribution in [3.05, 3.63) is 66.2 Å². The maximum absolute atomic E-state index is 12.5. The van der Waals surface area contributed by atoms with E-state index in [2.05, 4.69) is 15.5 Å². The van der Waals surface area contributed by atoms with Crippen LogP contribution in [0.15, 0.2) is 60.7 Å². The molecule has 3 aromatic rings. The second-order valence-corrected chi connectivity index (χ2v) is 6.56. The Morgan fingerprint density at radius 2 is 1.57 bits per heavy atom. The van der Waals surface area contributed by atoms with Crippen molar-refractivity contribution in [3.63, 3.8) is 0 Å². The lowest BCUT2D eigenvalue weighted by atomic mass is 10.2. The van der Waals surface area contributed by atoms with Gasteiger partial charge in [-0.3, -0.25) is 4.79 Å². The normalized spacial score (nSPS) is 11.3. The maximum atomic E-state index is 12.5.